The van der Waals surface area contributed by atoms with E-state index in [4.69, 9.17) is 0 Å². The molecule has 3 heteroatoms. The second kappa shape index (κ2) is 3.09. The standard InChI is InChI=1S/C10H9N2O/c1-2-4-7-5-3-6-8-9(7)12-10(13)11-8/h3,5-6H,1-2,4H2. The van der Waals surface area contributed by atoms with Gasteiger partial charge in [-0.05, 0) is 24.5 Å². The van der Waals surface area contributed by atoms with E-state index in [0.717, 1.165) is 23.8 Å². The number of amides is 2. The molecule has 0 saturated heterocycles. The Labute approximate surface area is 75.8 Å². The summed E-state index contributed by atoms with van der Waals surface area (Å²) in [6.07, 6.45) is 1.65. The third-order valence-corrected chi connectivity index (χ3v) is 1.97. The first kappa shape index (κ1) is 8.10. The Balaban J connectivity index is 2.65. The SMILES string of the molecule is [CH2]CCc1cccc2c1=NC(=O)N=2. The van der Waals surface area contributed by atoms with Crippen molar-refractivity contribution in [2.24, 2.45) is 9.98 Å². The van der Waals surface area contributed by atoms with Crippen molar-refractivity contribution in [2.45, 2.75) is 12.8 Å². The van der Waals surface area contributed by atoms with Crippen molar-refractivity contribution >= 4 is 6.03 Å². The number of urea groups is 1. The van der Waals surface area contributed by atoms with Crippen LogP contribution in [-0.4, -0.2) is 6.03 Å². The largest absolute Gasteiger partial charge is 0.368 e. The Morgan fingerprint density at radius 3 is 2.92 bits per heavy atom. The van der Waals surface area contributed by atoms with Crippen LogP contribution in [0.1, 0.15) is 12.0 Å². The third-order valence-electron chi connectivity index (χ3n) is 1.97. The molecular formula is C10H9N2O. The molecule has 0 N–H and O–H groups in total. The zero-order valence-corrected chi connectivity index (χ0v) is 7.16. The van der Waals surface area contributed by atoms with Gasteiger partial charge in [0.05, 0.1) is 10.7 Å². The van der Waals surface area contributed by atoms with E-state index in [1.54, 1.807) is 6.07 Å². The van der Waals surface area contributed by atoms with Gasteiger partial charge in [0.15, 0.2) is 0 Å². The Hall–Kier alpha value is -1.51. The third kappa shape index (κ3) is 1.37. The molecule has 0 aromatic heterocycles. The summed E-state index contributed by atoms with van der Waals surface area (Å²) < 4.78 is 0. The molecule has 0 unspecified atom stereocenters. The molecule has 2 amide bonds. The van der Waals surface area contributed by atoms with Crippen molar-refractivity contribution in [2.75, 3.05) is 0 Å². The minimum atomic E-state index is -0.397. The number of aryl methyl sites for hydroxylation is 1. The van der Waals surface area contributed by atoms with Crippen LogP contribution >= 0.6 is 0 Å². The van der Waals surface area contributed by atoms with E-state index < -0.39 is 6.03 Å². The molecule has 0 bridgehead atoms. The van der Waals surface area contributed by atoms with E-state index >= 15 is 0 Å². The van der Waals surface area contributed by atoms with Gasteiger partial charge in [-0.1, -0.05) is 19.1 Å². The molecule has 0 aliphatic carbocycles. The van der Waals surface area contributed by atoms with Crippen LogP contribution in [0.15, 0.2) is 28.2 Å². The highest BCUT2D eigenvalue weighted by molar-refractivity contribution is 5.77. The fourth-order valence-electron chi connectivity index (χ4n) is 1.41. The van der Waals surface area contributed by atoms with Crippen molar-refractivity contribution in [1.29, 1.82) is 0 Å². The van der Waals surface area contributed by atoms with E-state index in [1.807, 2.05) is 12.1 Å². The zero-order valence-electron chi connectivity index (χ0n) is 7.16. The molecule has 1 aromatic rings. The number of fused-ring (bicyclic) bond motifs is 1. The van der Waals surface area contributed by atoms with Gasteiger partial charge >= 0.3 is 6.03 Å². The van der Waals surface area contributed by atoms with E-state index in [9.17, 15) is 4.79 Å². The summed E-state index contributed by atoms with van der Waals surface area (Å²) in [5, 5.41) is 1.42. The number of rotatable bonds is 2. The number of para-hydroxylation sites is 1. The fraction of sp³-hybridized carbons (Fsp3) is 0.200. The first-order valence-corrected chi connectivity index (χ1v) is 4.20. The lowest BCUT2D eigenvalue weighted by Gasteiger charge is -1.95. The number of carbonyl (C=O) groups is 1. The fourth-order valence-corrected chi connectivity index (χ4v) is 1.41. The van der Waals surface area contributed by atoms with Gasteiger partial charge in [-0.15, -0.1) is 0 Å². The highest BCUT2D eigenvalue weighted by Crippen LogP contribution is 1.96. The predicted octanol–water partition coefficient (Wildman–Crippen LogP) is 0.826. The molecule has 0 atom stereocenters. The number of hydrogen-bond donors (Lipinski definition) is 0. The average molecular weight is 173 g/mol. The summed E-state index contributed by atoms with van der Waals surface area (Å²) in [5.41, 5.74) is 1.06. The quantitative estimate of drug-likeness (QED) is 0.653. The maximum atomic E-state index is 10.9. The smallest absolute Gasteiger partial charge is 0.244 e. The van der Waals surface area contributed by atoms with Crippen molar-refractivity contribution in [3.05, 3.63) is 41.4 Å². The highest BCUT2D eigenvalue weighted by Gasteiger charge is 2.07. The molecule has 3 nitrogen and oxygen atoms in total. The monoisotopic (exact) mass is 173 g/mol. The molecular weight excluding hydrogens is 164 g/mol. The van der Waals surface area contributed by atoms with Crippen molar-refractivity contribution in [1.82, 2.24) is 0 Å². The first-order chi connectivity index (χ1) is 6.31. The Kier molecular flexibility index (Phi) is 1.93. The van der Waals surface area contributed by atoms with Gasteiger partial charge in [0.1, 0.15) is 0 Å². The normalized spacial score (nSPS) is 13.5. The van der Waals surface area contributed by atoms with Gasteiger partial charge < -0.3 is 0 Å². The maximum Gasteiger partial charge on any atom is 0.368 e. The summed E-state index contributed by atoms with van der Waals surface area (Å²) in [6, 6.07) is 5.26. The van der Waals surface area contributed by atoms with Crippen molar-refractivity contribution in [3.8, 4) is 0 Å². The zero-order chi connectivity index (χ0) is 9.26. The minimum Gasteiger partial charge on any atom is -0.244 e. The summed E-state index contributed by atoms with van der Waals surface area (Å²) in [7, 11) is 0. The lowest BCUT2D eigenvalue weighted by Crippen LogP contribution is -2.25. The summed E-state index contributed by atoms with van der Waals surface area (Å²) >= 11 is 0. The van der Waals surface area contributed by atoms with E-state index in [-0.39, 0.29) is 0 Å². The van der Waals surface area contributed by atoms with Crippen molar-refractivity contribution in [3.63, 3.8) is 0 Å². The molecule has 1 heterocycles. The van der Waals surface area contributed by atoms with Gasteiger partial charge in [-0.3, -0.25) is 0 Å². The lowest BCUT2D eigenvalue weighted by atomic mass is 10.1. The van der Waals surface area contributed by atoms with Crippen LogP contribution < -0.4 is 10.7 Å². The van der Waals surface area contributed by atoms with Crippen molar-refractivity contribution < 1.29 is 4.79 Å². The molecule has 1 aromatic carbocycles. The predicted molar refractivity (Wildman–Crippen MR) is 47.8 cm³/mol. The summed E-state index contributed by atoms with van der Waals surface area (Å²) in [6.45, 7) is 3.77. The highest BCUT2D eigenvalue weighted by atomic mass is 16.2. The second-order valence-electron chi connectivity index (χ2n) is 2.89. The van der Waals surface area contributed by atoms with E-state index in [2.05, 4.69) is 16.9 Å². The van der Waals surface area contributed by atoms with Gasteiger partial charge in [0.2, 0.25) is 0 Å². The molecule has 13 heavy (non-hydrogen) atoms. The van der Waals surface area contributed by atoms with E-state index in [0.29, 0.717) is 5.36 Å². The number of carbonyl (C=O) groups excluding carboxylic acids is 1. The molecule has 1 aliphatic heterocycles. The summed E-state index contributed by atoms with van der Waals surface area (Å²) in [4.78, 5) is 18.5. The lowest BCUT2D eigenvalue weighted by molar-refractivity contribution is 0.256. The maximum absolute atomic E-state index is 10.9. The molecule has 0 spiro atoms. The molecule has 1 radical (unpaired) electrons. The van der Waals surface area contributed by atoms with Crippen LogP contribution in [0.3, 0.4) is 0 Å². The Morgan fingerprint density at radius 2 is 2.15 bits per heavy atom. The van der Waals surface area contributed by atoms with Gasteiger partial charge in [-0.2, -0.15) is 9.98 Å². The van der Waals surface area contributed by atoms with Crippen LogP contribution in [0.2, 0.25) is 0 Å². The number of nitrogens with zero attached hydrogens (tertiary/aromatic N) is 2. The van der Waals surface area contributed by atoms with Crippen LogP contribution in [0.25, 0.3) is 0 Å². The number of hydrogen-bond acceptors (Lipinski definition) is 1. The van der Waals surface area contributed by atoms with Crippen LogP contribution in [-0.2, 0) is 6.42 Å². The number of benzene rings is 1. The van der Waals surface area contributed by atoms with Gasteiger partial charge in [0, 0.05) is 0 Å². The second-order valence-corrected chi connectivity index (χ2v) is 2.89. The molecule has 2 rings (SSSR count). The molecule has 0 fully saturated rings. The average Bonchev–Trinajstić information content (AvgIpc) is 2.47. The van der Waals surface area contributed by atoms with Gasteiger partial charge in [-0.25, -0.2) is 4.79 Å². The van der Waals surface area contributed by atoms with Crippen LogP contribution in [0.4, 0.5) is 4.79 Å². The molecule has 65 valence electrons. The van der Waals surface area contributed by atoms with Crippen LogP contribution in [0.5, 0.6) is 0 Å². The topological polar surface area (TPSA) is 41.8 Å². The molecule has 1 aliphatic rings. The van der Waals surface area contributed by atoms with Gasteiger partial charge in [0.25, 0.3) is 0 Å². The van der Waals surface area contributed by atoms with Crippen LogP contribution in [0, 0.1) is 6.92 Å². The summed E-state index contributed by atoms with van der Waals surface area (Å²) in [5.74, 6) is 0. The Bertz CT molecular complexity index is 462. The Morgan fingerprint density at radius 1 is 1.31 bits per heavy atom. The minimum absolute atomic E-state index is 0.397. The molecule has 0 saturated carbocycles. The van der Waals surface area contributed by atoms with E-state index in [1.165, 1.54) is 0 Å². The first-order valence-electron chi connectivity index (χ1n) is 4.20.